The minimum atomic E-state index is 0.539. The maximum absolute atomic E-state index is 5.50. The summed E-state index contributed by atoms with van der Waals surface area (Å²) in [6.07, 6.45) is 2.62. The topological polar surface area (TPSA) is 60.4 Å². The van der Waals surface area contributed by atoms with Crippen LogP contribution in [0.5, 0.6) is 0 Å². The third-order valence-electron chi connectivity index (χ3n) is 2.95. The number of rotatable bonds is 8. The Morgan fingerprint density at radius 1 is 1.37 bits per heavy atom. The lowest BCUT2D eigenvalue weighted by Crippen LogP contribution is -2.17. The molecule has 5 nitrogen and oxygen atoms in total. The molecule has 0 aromatic carbocycles. The van der Waals surface area contributed by atoms with Crippen LogP contribution in [0.2, 0.25) is 0 Å². The van der Waals surface area contributed by atoms with Gasteiger partial charge in [-0.15, -0.1) is 0 Å². The molecule has 0 aliphatic carbocycles. The van der Waals surface area contributed by atoms with Crippen molar-refractivity contribution in [3.8, 4) is 0 Å². The van der Waals surface area contributed by atoms with E-state index < -0.39 is 0 Å². The Labute approximate surface area is 112 Å². The van der Waals surface area contributed by atoms with Crippen molar-refractivity contribution in [3.05, 3.63) is 41.2 Å². The van der Waals surface area contributed by atoms with E-state index in [1.54, 1.807) is 6.26 Å². The Bertz CT molecular complexity index is 457. The van der Waals surface area contributed by atoms with E-state index in [4.69, 9.17) is 13.7 Å². The first-order chi connectivity index (χ1) is 9.27. The SMILES string of the molecule is Cc1noc(C)c1CNCCCOCc1ccco1. The van der Waals surface area contributed by atoms with Gasteiger partial charge in [0.15, 0.2) is 0 Å². The zero-order valence-electron chi connectivity index (χ0n) is 11.4. The molecule has 0 unspecified atom stereocenters. The van der Waals surface area contributed by atoms with Gasteiger partial charge < -0.3 is 19.0 Å². The van der Waals surface area contributed by atoms with Crippen molar-refractivity contribution >= 4 is 0 Å². The fourth-order valence-corrected chi connectivity index (χ4v) is 1.83. The van der Waals surface area contributed by atoms with Gasteiger partial charge in [-0.3, -0.25) is 0 Å². The molecule has 0 amide bonds. The molecule has 0 radical (unpaired) electrons. The first kappa shape index (κ1) is 13.8. The van der Waals surface area contributed by atoms with Crippen molar-refractivity contribution in [1.82, 2.24) is 10.5 Å². The summed E-state index contributed by atoms with van der Waals surface area (Å²) in [6.45, 7) is 6.84. The Balaban J connectivity index is 1.53. The Hall–Kier alpha value is -1.59. The Morgan fingerprint density at radius 2 is 2.26 bits per heavy atom. The van der Waals surface area contributed by atoms with Crippen LogP contribution in [0.25, 0.3) is 0 Å². The number of ether oxygens (including phenoxy) is 1. The Kier molecular flexibility index (Phi) is 5.18. The van der Waals surface area contributed by atoms with Crippen molar-refractivity contribution < 1.29 is 13.7 Å². The van der Waals surface area contributed by atoms with Gasteiger partial charge in [-0.25, -0.2) is 0 Å². The quantitative estimate of drug-likeness (QED) is 0.742. The molecule has 0 saturated carbocycles. The van der Waals surface area contributed by atoms with E-state index in [2.05, 4.69) is 10.5 Å². The summed E-state index contributed by atoms with van der Waals surface area (Å²) in [7, 11) is 0. The summed E-state index contributed by atoms with van der Waals surface area (Å²) in [5.41, 5.74) is 2.11. The van der Waals surface area contributed by atoms with E-state index >= 15 is 0 Å². The molecule has 0 spiro atoms. The van der Waals surface area contributed by atoms with E-state index in [0.29, 0.717) is 6.61 Å². The normalized spacial score (nSPS) is 11.1. The molecular formula is C14H20N2O3. The van der Waals surface area contributed by atoms with Crippen molar-refractivity contribution in [1.29, 1.82) is 0 Å². The van der Waals surface area contributed by atoms with Gasteiger partial charge in [0, 0.05) is 18.7 Å². The summed E-state index contributed by atoms with van der Waals surface area (Å²) in [6, 6.07) is 3.78. The lowest BCUT2D eigenvalue weighted by atomic mass is 10.2. The Morgan fingerprint density at radius 3 is 2.95 bits per heavy atom. The minimum Gasteiger partial charge on any atom is -0.467 e. The average Bonchev–Trinajstić information content (AvgIpc) is 3.01. The number of furan rings is 1. The first-order valence-electron chi connectivity index (χ1n) is 6.50. The third-order valence-corrected chi connectivity index (χ3v) is 2.95. The maximum Gasteiger partial charge on any atom is 0.138 e. The van der Waals surface area contributed by atoms with Crippen LogP contribution in [0.15, 0.2) is 27.3 Å². The van der Waals surface area contributed by atoms with Crippen LogP contribution in [0.3, 0.4) is 0 Å². The van der Waals surface area contributed by atoms with E-state index in [-0.39, 0.29) is 0 Å². The molecule has 0 fully saturated rings. The summed E-state index contributed by atoms with van der Waals surface area (Å²) in [4.78, 5) is 0. The summed E-state index contributed by atoms with van der Waals surface area (Å²) in [5.74, 6) is 1.75. The van der Waals surface area contributed by atoms with Crippen molar-refractivity contribution in [2.75, 3.05) is 13.2 Å². The minimum absolute atomic E-state index is 0.539. The molecule has 1 N–H and O–H groups in total. The zero-order valence-corrected chi connectivity index (χ0v) is 11.4. The van der Waals surface area contributed by atoms with Gasteiger partial charge in [0.2, 0.25) is 0 Å². The van der Waals surface area contributed by atoms with Gasteiger partial charge in [0.25, 0.3) is 0 Å². The number of aryl methyl sites for hydroxylation is 2. The number of aromatic nitrogens is 1. The van der Waals surface area contributed by atoms with E-state index in [0.717, 1.165) is 48.9 Å². The van der Waals surface area contributed by atoms with Crippen LogP contribution in [0.1, 0.15) is 29.2 Å². The number of nitrogens with one attached hydrogen (secondary N) is 1. The van der Waals surface area contributed by atoms with Crippen molar-refractivity contribution in [2.45, 2.75) is 33.4 Å². The molecule has 2 rings (SSSR count). The molecule has 2 aromatic rings. The molecule has 104 valence electrons. The summed E-state index contributed by atoms with van der Waals surface area (Å²) >= 11 is 0. The predicted molar refractivity (Wildman–Crippen MR) is 70.7 cm³/mol. The van der Waals surface area contributed by atoms with E-state index in [1.807, 2.05) is 26.0 Å². The molecule has 5 heteroatoms. The monoisotopic (exact) mass is 264 g/mol. The molecule has 0 aliphatic rings. The van der Waals surface area contributed by atoms with Gasteiger partial charge in [-0.2, -0.15) is 0 Å². The summed E-state index contributed by atoms with van der Waals surface area (Å²) < 4.78 is 15.8. The van der Waals surface area contributed by atoms with Gasteiger partial charge in [-0.05, 0) is 38.9 Å². The molecule has 2 aromatic heterocycles. The second-order valence-corrected chi connectivity index (χ2v) is 4.47. The summed E-state index contributed by atoms with van der Waals surface area (Å²) in [5, 5.41) is 7.28. The van der Waals surface area contributed by atoms with Crippen LogP contribution < -0.4 is 5.32 Å². The molecule has 0 saturated heterocycles. The van der Waals surface area contributed by atoms with Gasteiger partial charge in [0.1, 0.15) is 18.1 Å². The second kappa shape index (κ2) is 7.11. The number of hydrogen-bond acceptors (Lipinski definition) is 5. The van der Waals surface area contributed by atoms with Crippen molar-refractivity contribution in [2.24, 2.45) is 0 Å². The van der Waals surface area contributed by atoms with Crippen LogP contribution in [0.4, 0.5) is 0 Å². The van der Waals surface area contributed by atoms with E-state index in [1.165, 1.54) is 0 Å². The van der Waals surface area contributed by atoms with Crippen LogP contribution in [0, 0.1) is 13.8 Å². The fourth-order valence-electron chi connectivity index (χ4n) is 1.83. The molecule has 0 aliphatic heterocycles. The van der Waals surface area contributed by atoms with Crippen molar-refractivity contribution in [3.63, 3.8) is 0 Å². The second-order valence-electron chi connectivity index (χ2n) is 4.47. The van der Waals surface area contributed by atoms with Gasteiger partial charge in [0.05, 0.1) is 12.0 Å². The molecule has 0 atom stereocenters. The molecular weight excluding hydrogens is 244 g/mol. The number of nitrogens with zero attached hydrogens (tertiary/aromatic N) is 1. The largest absolute Gasteiger partial charge is 0.467 e. The average molecular weight is 264 g/mol. The highest BCUT2D eigenvalue weighted by Gasteiger charge is 2.07. The lowest BCUT2D eigenvalue weighted by Gasteiger charge is -2.05. The third kappa shape index (κ3) is 4.22. The molecule has 2 heterocycles. The van der Waals surface area contributed by atoms with Gasteiger partial charge in [-0.1, -0.05) is 5.16 Å². The first-order valence-corrected chi connectivity index (χ1v) is 6.50. The number of hydrogen-bond donors (Lipinski definition) is 1. The predicted octanol–water partition coefficient (Wildman–Crippen LogP) is 2.58. The standard InChI is InChI=1S/C14H20N2O3/c1-11-14(12(2)19-16-11)9-15-6-4-7-17-10-13-5-3-8-18-13/h3,5,8,15H,4,6-7,9-10H2,1-2H3. The van der Waals surface area contributed by atoms with Gasteiger partial charge >= 0.3 is 0 Å². The lowest BCUT2D eigenvalue weighted by molar-refractivity contribution is 0.104. The molecule has 19 heavy (non-hydrogen) atoms. The highest BCUT2D eigenvalue weighted by molar-refractivity contribution is 5.20. The van der Waals surface area contributed by atoms with Crippen LogP contribution >= 0.6 is 0 Å². The fraction of sp³-hybridized carbons (Fsp3) is 0.500. The maximum atomic E-state index is 5.50. The van der Waals surface area contributed by atoms with E-state index in [9.17, 15) is 0 Å². The molecule has 0 bridgehead atoms. The highest BCUT2D eigenvalue weighted by Crippen LogP contribution is 2.11. The van der Waals surface area contributed by atoms with Crippen LogP contribution in [-0.2, 0) is 17.9 Å². The zero-order chi connectivity index (χ0) is 13.5. The smallest absolute Gasteiger partial charge is 0.138 e. The van der Waals surface area contributed by atoms with Crippen LogP contribution in [-0.4, -0.2) is 18.3 Å². The highest BCUT2D eigenvalue weighted by atomic mass is 16.5.